The third-order valence-corrected chi connectivity index (χ3v) is 6.01. The Morgan fingerprint density at radius 2 is 1.56 bits per heavy atom. The van der Waals surface area contributed by atoms with Gasteiger partial charge in [0.05, 0.1) is 6.10 Å². The molecule has 6 nitrogen and oxygen atoms in total. The summed E-state index contributed by atoms with van der Waals surface area (Å²) in [4.78, 5) is 24.5. The van der Waals surface area contributed by atoms with Crippen molar-refractivity contribution in [2.45, 2.75) is 63.5 Å². The number of aliphatic hydroxyl groups is 1. The fourth-order valence-electron chi connectivity index (χ4n) is 4.31. The second-order valence-electron chi connectivity index (χ2n) is 7.77. The summed E-state index contributed by atoms with van der Waals surface area (Å²) in [5, 5.41) is 19.1. The van der Waals surface area contributed by atoms with Crippen LogP contribution in [0.4, 0.5) is 0 Å². The van der Waals surface area contributed by atoms with E-state index in [1.54, 1.807) is 0 Å². The molecule has 2 saturated carbocycles. The molecule has 0 aromatic rings. The minimum absolute atomic E-state index is 0. The number of halogens is 1. The number of amides is 2. The van der Waals surface area contributed by atoms with E-state index in [1.807, 2.05) is 0 Å². The lowest BCUT2D eigenvalue weighted by Crippen LogP contribution is -2.43. The van der Waals surface area contributed by atoms with Crippen LogP contribution in [-0.4, -0.2) is 48.7 Å². The van der Waals surface area contributed by atoms with Crippen molar-refractivity contribution in [1.29, 1.82) is 0 Å². The Labute approximate surface area is 156 Å². The summed E-state index contributed by atoms with van der Waals surface area (Å²) in [7, 11) is 0. The summed E-state index contributed by atoms with van der Waals surface area (Å²) < 4.78 is 0. The Hall–Kier alpha value is -0.850. The quantitative estimate of drug-likeness (QED) is 0.578. The molecule has 0 aromatic carbocycles. The summed E-state index contributed by atoms with van der Waals surface area (Å²) in [6.45, 7) is 1.93. The second kappa shape index (κ2) is 9.74. The molecule has 0 aromatic heterocycles. The smallest absolute Gasteiger partial charge is 0.223 e. The van der Waals surface area contributed by atoms with Crippen molar-refractivity contribution in [2.75, 3.05) is 19.6 Å². The molecule has 144 valence electrons. The zero-order valence-corrected chi connectivity index (χ0v) is 15.7. The Bertz CT molecular complexity index is 449. The molecular weight excluding hydrogens is 342 g/mol. The maximum atomic E-state index is 12.3. The zero-order valence-electron chi connectivity index (χ0n) is 14.8. The van der Waals surface area contributed by atoms with Crippen LogP contribution in [0.5, 0.6) is 0 Å². The number of rotatable bonds is 5. The van der Waals surface area contributed by atoms with E-state index in [4.69, 9.17) is 0 Å². The Balaban J connectivity index is 0.00000225. The molecule has 2 amide bonds. The van der Waals surface area contributed by atoms with Gasteiger partial charge >= 0.3 is 0 Å². The maximum absolute atomic E-state index is 12.3. The van der Waals surface area contributed by atoms with Crippen LogP contribution < -0.4 is 16.0 Å². The van der Waals surface area contributed by atoms with Gasteiger partial charge in [0.1, 0.15) is 0 Å². The Morgan fingerprint density at radius 1 is 0.920 bits per heavy atom. The Kier molecular flexibility index (Phi) is 7.97. The van der Waals surface area contributed by atoms with Gasteiger partial charge in [-0.2, -0.15) is 0 Å². The first-order chi connectivity index (χ1) is 11.6. The van der Waals surface area contributed by atoms with Crippen LogP contribution in [0.25, 0.3) is 0 Å². The van der Waals surface area contributed by atoms with Gasteiger partial charge in [0.25, 0.3) is 0 Å². The van der Waals surface area contributed by atoms with Crippen molar-refractivity contribution in [3.8, 4) is 0 Å². The van der Waals surface area contributed by atoms with Gasteiger partial charge < -0.3 is 21.1 Å². The summed E-state index contributed by atoms with van der Waals surface area (Å²) in [6, 6.07) is 0.239. The molecule has 2 unspecified atom stereocenters. The van der Waals surface area contributed by atoms with Crippen molar-refractivity contribution < 1.29 is 14.7 Å². The van der Waals surface area contributed by atoms with Crippen LogP contribution in [-0.2, 0) is 9.59 Å². The number of aliphatic hydroxyl groups excluding tert-OH is 1. The van der Waals surface area contributed by atoms with Crippen molar-refractivity contribution >= 4 is 24.2 Å². The van der Waals surface area contributed by atoms with Crippen molar-refractivity contribution in [2.24, 2.45) is 17.8 Å². The summed E-state index contributed by atoms with van der Waals surface area (Å²) >= 11 is 0. The monoisotopic (exact) mass is 373 g/mol. The topological polar surface area (TPSA) is 90.5 Å². The van der Waals surface area contributed by atoms with E-state index in [-0.39, 0.29) is 54.1 Å². The lowest BCUT2D eigenvalue weighted by atomic mass is 9.85. The standard InChI is InChI=1S/C18H31N3O3.ClH/c22-16-11-19-9-14(16)10-20-17(23)13-5-7-15(8-6-13)21-18(24)12-3-1-2-4-12;/h12-16,19,22H,1-11H2,(H,20,23)(H,21,24);1H. The van der Waals surface area contributed by atoms with Crippen molar-refractivity contribution in [3.05, 3.63) is 0 Å². The molecule has 2 atom stereocenters. The van der Waals surface area contributed by atoms with Crippen LogP contribution in [0.2, 0.25) is 0 Å². The fraction of sp³-hybridized carbons (Fsp3) is 0.889. The highest BCUT2D eigenvalue weighted by atomic mass is 35.5. The highest BCUT2D eigenvalue weighted by Gasteiger charge is 2.31. The molecule has 7 heteroatoms. The Morgan fingerprint density at radius 3 is 2.16 bits per heavy atom. The maximum Gasteiger partial charge on any atom is 0.223 e. The molecule has 0 radical (unpaired) electrons. The van der Waals surface area contributed by atoms with E-state index >= 15 is 0 Å². The molecule has 1 saturated heterocycles. The van der Waals surface area contributed by atoms with Gasteiger partial charge in [-0.25, -0.2) is 0 Å². The van der Waals surface area contributed by atoms with Crippen molar-refractivity contribution in [1.82, 2.24) is 16.0 Å². The number of hydrogen-bond donors (Lipinski definition) is 4. The van der Waals surface area contributed by atoms with Crippen molar-refractivity contribution in [3.63, 3.8) is 0 Å². The number of hydrogen-bond acceptors (Lipinski definition) is 4. The van der Waals surface area contributed by atoms with Gasteiger partial charge in [0.2, 0.25) is 11.8 Å². The minimum atomic E-state index is -0.355. The minimum Gasteiger partial charge on any atom is -0.391 e. The van der Waals surface area contributed by atoms with E-state index in [9.17, 15) is 14.7 Å². The molecule has 25 heavy (non-hydrogen) atoms. The van der Waals surface area contributed by atoms with Gasteiger partial charge in [-0.1, -0.05) is 12.8 Å². The van der Waals surface area contributed by atoms with Crippen LogP contribution in [0, 0.1) is 17.8 Å². The molecule has 4 N–H and O–H groups in total. The zero-order chi connectivity index (χ0) is 16.9. The second-order valence-corrected chi connectivity index (χ2v) is 7.77. The summed E-state index contributed by atoms with van der Waals surface area (Å²) in [5.41, 5.74) is 0. The van der Waals surface area contributed by atoms with E-state index in [2.05, 4.69) is 16.0 Å². The van der Waals surface area contributed by atoms with E-state index in [0.29, 0.717) is 13.1 Å². The highest BCUT2D eigenvalue weighted by molar-refractivity contribution is 5.85. The van der Waals surface area contributed by atoms with Gasteiger partial charge in [-0.15, -0.1) is 12.4 Å². The molecule has 0 spiro atoms. The molecule has 3 rings (SSSR count). The normalized spacial score (nSPS) is 32.8. The van der Waals surface area contributed by atoms with Crippen LogP contribution >= 0.6 is 12.4 Å². The van der Waals surface area contributed by atoms with Gasteiger partial charge in [-0.3, -0.25) is 9.59 Å². The third-order valence-electron chi connectivity index (χ3n) is 6.01. The van der Waals surface area contributed by atoms with Crippen LogP contribution in [0.15, 0.2) is 0 Å². The fourth-order valence-corrected chi connectivity index (χ4v) is 4.31. The lowest BCUT2D eigenvalue weighted by Gasteiger charge is -2.29. The van der Waals surface area contributed by atoms with Gasteiger partial charge in [0, 0.05) is 43.4 Å². The highest BCUT2D eigenvalue weighted by Crippen LogP contribution is 2.28. The SMILES string of the molecule is Cl.O=C(NCC1CNCC1O)C1CCC(NC(=O)C2CCCC2)CC1. The molecular formula is C18H32ClN3O3. The largest absolute Gasteiger partial charge is 0.391 e. The first kappa shape index (κ1) is 20.5. The molecule has 1 aliphatic heterocycles. The molecule has 2 aliphatic carbocycles. The van der Waals surface area contributed by atoms with E-state index < -0.39 is 0 Å². The lowest BCUT2D eigenvalue weighted by molar-refractivity contribution is -0.127. The predicted octanol–water partition coefficient (Wildman–Crippen LogP) is 0.970. The molecule has 1 heterocycles. The molecule has 0 bridgehead atoms. The third kappa shape index (κ3) is 5.56. The predicted molar refractivity (Wildman–Crippen MR) is 98.5 cm³/mol. The molecule has 3 aliphatic rings. The van der Waals surface area contributed by atoms with E-state index in [0.717, 1.165) is 45.1 Å². The number of nitrogens with one attached hydrogen (secondary N) is 3. The number of carbonyl (C=O) groups excluding carboxylic acids is 2. The average Bonchev–Trinajstić information content (AvgIpc) is 3.25. The van der Waals surface area contributed by atoms with Gasteiger partial charge in [-0.05, 0) is 38.5 Å². The van der Waals surface area contributed by atoms with E-state index in [1.165, 1.54) is 12.8 Å². The summed E-state index contributed by atoms with van der Waals surface area (Å²) in [5.74, 6) is 0.724. The molecule has 3 fully saturated rings. The van der Waals surface area contributed by atoms with Crippen LogP contribution in [0.3, 0.4) is 0 Å². The summed E-state index contributed by atoms with van der Waals surface area (Å²) in [6.07, 6.45) is 7.53. The first-order valence-electron chi connectivity index (χ1n) is 9.60. The number of carbonyl (C=O) groups is 2. The van der Waals surface area contributed by atoms with Crippen LogP contribution in [0.1, 0.15) is 51.4 Å². The average molecular weight is 374 g/mol. The number of β-amino-alcohol motifs (C(OH)–C–C–N with tert-alkyl or cyclic N) is 1. The van der Waals surface area contributed by atoms with Gasteiger partial charge in [0.15, 0.2) is 0 Å². The first-order valence-corrected chi connectivity index (χ1v) is 9.60.